The van der Waals surface area contributed by atoms with Gasteiger partial charge in [0.25, 0.3) is 0 Å². The van der Waals surface area contributed by atoms with E-state index in [2.05, 4.69) is 10.2 Å². The second-order valence-corrected chi connectivity index (χ2v) is 4.12. The SMILES string of the molecule is COC(=O)C(NCCN(C)C)c1ccccc1. The third-order valence-corrected chi connectivity index (χ3v) is 2.48. The van der Waals surface area contributed by atoms with Crippen LogP contribution in [-0.2, 0) is 9.53 Å². The highest BCUT2D eigenvalue weighted by molar-refractivity contribution is 5.77. The van der Waals surface area contributed by atoms with Crippen molar-refractivity contribution in [3.63, 3.8) is 0 Å². The highest BCUT2D eigenvalue weighted by Gasteiger charge is 2.19. The molecule has 4 nitrogen and oxygen atoms in total. The molecule has 0 spiro atoms. The molecule has 4 heteroatoms. The zero-order chi connectivity index (χ0) is 12.7. The van der Waals surface area contributed by atoms with Crippen molar-refractivity contribution in [3.8, 4) is 0 Å². The van der Waals surface area contributed by atoms with Crippen molar-refractivity contribution in [2.75, 3.05) is 34.3 Å². The third kappa shape index (κ3) is 4.54. The molecule has 1 rings (SSSR count). The van der Waals surface area contributed by atoms with E-state index in [-0.39, 0.29) is 12.0 Å². The molecule has 1 N–H and O–H groups in total. The predicted molar refractivity (Wildman–Crippen MR) is 67.8 cm³/mol. The molecule has 0 aliphatic heterocycles. The lowest BCUT2D eigenvalue weighted by molar-refractivity contribution is -0.143. The Hall–Kier alpha value is -1.39. The van der Waals surface area contributed by atoms with E-state index in [1.54, 1.807) is 0 Å². The lowest BCUT2D eigenvalue weighted by Gasteiger charge is -2.18. The second kappa shape index (κ2) is 7.04. The molecule has 1 unspecified atom stereocenters. The molecule has 1 aromatic rings. The largest absolute Gasteiger partial charge is 0.468 e. The van der Waals surface area contributed by atoms with E-state index in [4.69, 9.17) is 4.74 Å². The van der Waals surface area contributed by atoms with Crippen LogP contribution in [0.2, 0.25) is 0 Å². The Morgan fingerprint density at radius 3 is 2.53 bits per heavy atom. The topological polar surface area (TPSA) is 41.6 Å². The van der Waals surface area contributed by atoms with Crippen molar-refractivity contribution in [2.45, 2.75) is 6.04 Å². The van der Waals surface area contributed by atoms with Gasteiger partial charge in [0.05, 0.1) is 7.11 Å². The second-order valence-electron chi connectivity index (χ2n) is 4.12. The Morgan fingerprint density at radius 1 is 1.35 bits per heavy atom. The Bertz CT molecular complexity index is 339. The van der Waals surface area contributed by atoms with E-state index in [9.17, 15) is 4.79 Å². The van der Waals surface area contributed by atoms with Crippen LogP contribution in [0.1, 0.15) is 11.6 Å². The highest BCUT2D eigenvalue weighted by atomic mass is 16.5. The van der Waals surface area contributed by atoms with Crippen molar-refractivity contribution in [1.82, 2.24) is 10.2 Å². The summed E-state index contributed by atoms with van der Waals surface area (Å²) >= 11 is 0. The van der Waals surface area contributed by atoms with Gasteiger partial charge < -0.3 is 9.64 Å². The molecular weight excluding hydrogens is 216 g/mol. The van der Waals surface area contributed by atoms with E-state index < -0.39 is 0 Å². The number of nitrogens with zero attached hydrogens (tertiary/aromatic N) is 1. The molecule has 1 aromatic carbocycles. The van der Waals surface area contributed by atoms with Gasteiger partial charge in [-0.3, -0.25) is 5.32 Å². The molecule has 0 radical (unpaired) electrons. The number of methoxy groups -OCH3 is 1. The summed E-state index contributed by atoms with van der Waals surface area (Å²) in [4.78, 5) is 13.8. The average molecular weight is 236 g/mol. The first-order valence-electron chi connectivity index (χ1n) is 5.66. The average Bonchev–Trinajstić information content (AvgIpc) is 2.34. The zero-order valence-corrected chi connectivity index (χ0v) is 10.6. The molecule has 0 heterocycles. The Kier molecular flexibility index (Phi) is 5.66. The molecule has 0 aliphatic rings. The fraction of sp³-hybridized carbons (Fsp3) is 0.462. The van der Waals surface area contributed by atoms with Crippen LogP contribution < -0.4 is 5.32 Å². The summed E-state index contributed by atoms with van der Waals surface area (Å²) in [6.07, 6.45) is 0. The maximum absolute atomic E-state index is 11.7. The van der Waals surface area contributed by atoms with Crippen LogP contribution in [0.4, 0.5) is 0 Å². The Balaban J connectivity index is 2.65. The molecule has 17 heavy (non-hydrogen) atoms. The predicted octanol–water partition coefficient (Wildman–Crippen LogP) is 1.05. The lowest BCUT2D eigenvalue weighted by atomic mass is 10.1. The van der Waals surface area contributed by atoms with Gasteiger partial charge in [0, 0.05) is 13.1 Å². The molecule has 0 saturated carbocycles. The number of carbonyl (C=O) groups excluding carboxylic acids is 1. The van der Waals surface area contributed by atoms with Crippen molar-refractivity contribution in [1.29, 1.82) is 0 Å². The molecule has 0 aromatic heterocycles. The van der Waals surface area contributed by atoms with Gasteiger partial charge >= 0.3 is 5.97 Å². The summed E-state index contributed by atoms with van der Waals surface area (Å²) in [5.74, 6) is -0.255. The summed E-state index contributed by atoms with van der Waals surface area (Å²) < 4.78 is 4.81. The maximum Gasteiger partial charge on any atom is 0.327 e. The highest BCUT2D eigenvalue weighted by Crippen LogP contribution is 2.13. The van der Waals surface area contributed by atoms with Gasteiger partial charge in [-0.25, -0.2) is 4.79 Å². The monoisotopic (exact) mass is 236 g/mol. The molecular formula is C13H20N2O2. The molecule has 0 aliphatic carbocycles. The molecule has 0 saturated heterocycles. The van der Waals surface area contributed by atoms with Gasteiger partial charge in [0.2, 0.25) is 0 Å². The van der Waals surface area contributed by atoms with Gasteiger partial charge in [0.15, 0.2) is 0 Å². The molecule has 94 valence electrons. The normalized spacial score (nSPS) is 12.5. The number of hydrogen-bond acceptors (Lipinski definition) is 4. The minimum absolute atomic E-state index is 0.255. The van der Waals surface area contributed by atoms with E-state index in [1.807, 2.05) is 44.4 Å². The molecule has 0 amide bonds. The first-order chi connectivity index (χ1) is 8.15. The van der Waals surface area contributed by atoms with Crippen LogP contribution in [0.3, 0.4) is 0 Å². The summed E-state index contributed by atoms with van der Waals surface area (Å²) in [6.45, 7) is 1.61. The smallest absolute Gasteiger partial charge is 0.327 e. The Morgan fingerprint density at radius 2 is 2.00 bits per heavy atom. The van der Waals surface area contributed by atoms with E-state index in [0.29, 0.717) is 0 Å². The van der Waals surface area contributed by atoms with Crippen molar-refractivity contribution >= 4 is 5.97 Å². The van der Waals surface area contributed by atoms with Crippen LogP contribution >= 0.6 is 0 Å². The van der Waals surface area contributed by atoms with Gasteiger partial charge in [-0.1, -0.05) is 30.3 Å². The quantitative estimate of drug-likeness (QED) is 0.750. The van der Waals surface area contributed by atoms with Crippen molar-refractivity contribution in [2.24, 2.45) is 0 Å². The molecule has 1 atom stereocenters. The van der Waals surface area contributed by atoms with Crippen LogP contribution in [0, 0.1) is 0 Å². The number of rotatable bonds is 6. The van der Waals surface area contributed by atoms with E-state index in [1.165, 1.54) is 7.11 Å². The van der Waals surface area contributed by atoms with Crippen LogP contribution in [-0.4, -0.2) is 45.2 Å². The summed E-state index contributed by atoms with van der Waals surface area (Å²) in [5.41, 5.74) is 0.929. The number of nitrogens with one attached hydrogen (secondary N) is 1. The number of likely N-dealkylation sites (N-methyl/N-ethyl adjacent to an activating group) is 1. The summed E-state index contributed by atoms with van der Waals surface area (Å²) in [5, 5.41) is 3.20. The fourth-order valence-electron chi connectivity index (χ4n) is 1.53. The Labute approximate surface area is 103 Å². The third-order valence-electron chi connectivity index (χ3n) is 2.48. The van der Waals surface area contributed by atoms with E-state index in [0.717, 1.165) is 18.7 Å². The fourth-order valence-corrected chi connectivity index (χ4v) is 1.53. The number of carbonyl (C=O) groups is 1. The van der Waals surface area contributed by atoms with Crippen LogP contribution in [0.5, 0.6) is 0 Å². The lowest BCUT2D eigenvalue weighted by Crippen LogP contribution is -2.34. The standard InChI is InChI=1S/C13H20N2O2/c1-15(2)10-9-14-12(13(16)17-3)11-7-5-4-6-8-11/h4-8,12,14H,9-10H2,1-3H3. The van der Waals surface area contributed by atoms with Crippen LogP contribution in [0.25, 0.3) is 0 Å². The first kappa shape index (κ1) is 13.7. The van der Waals surface area contributed by atoms with Crippen molar-refractivity contribution in [3.05, 3.63) is 35.9 Å². The summed E-state index contributed by atoms with van der Waals surface area (Å²) in [6, 6.07) is 9.21. The molecule has 0 fully saturated rings. The van der Waals surface area contributed by atoms with E-state index >= 15 is 0 Å². The van der Waals surface area contributed by atoms with Gasteiger partial charge in [0.1, 0.15) is 6.04 Å². The maximum atomic E-state index is 11.7. The minimum atomic E-state index is -0.388. The van der Waals surface area contributed by atoms with Gasteiger partial charge in [-0.05, 0) is 19.7 Å². The first-order valence-corrected chi connectivity index (χ1v) is 5.66. The minimum Gasteiger partial charge on any atom is -0.468 e. The number of esters is 1. The van der Waals surface area contributed by atoms with Crippen LogP contribution in [0.15, 0.2) is 30.3 Å². The van der Waals surface area contributed by atoms with Gasteiger partial charge in [-0.15, -0.1) is 0 Å². The van der Waals surface area contributed by atoms with Crippen molar-refractivity contribution < 1.29 is 9.53 Å². The van der Waals surface area contributed by atoms with Gasteiger partial charge in [-0.2, -0.15) is 0 Å². The number of hydrogen-bond donors (Lipinski definition) is 1. The molecule has 0 bridgehead atoms. The number of benzene rings is 1. The number of ether oxygens (including phenoxy) is 1. The zero-order valence-electron chi connectivity index (χ0n) is 10.6. The summed E-state index contributed by atoms with van der Waals surface area (Å²) in [7, 11) is 5.40.